The maximum absolute atomic E-state index is 2.44. The van der Waals surface area contributed by atoms with Crippen molar-refractivity contribution in [1.82, 2.24) is 0 Å². The molecule has 9 aromatic carbocycles. The van der Waals surface area contributed by atoms with Crippen molar-refractivity contribution >= 4 is 33.4 Å². The molecule has 0 atom stereocenters. The lowest BCUT2D eigenvalue weighted by molar-refractivity contribution is 0.563. The van der Waals surface area contributed by atoms with E-state index < -0.39 is 5.41 Å². The molecule has 0 radical (unpaired) electrons. The van der Waals surface area contributed by atoms with E-state index in [-0.39, 0.29) is 5.41 Å². The number of hydrogen-bond acceptors (Lipinski definition) is 1. The first kappa shape index (κ1) is 38.0. The molecule has 0 amide bonds. The molecule has 64 heavy (non-hydrogen) atoms. The first-order valence-electron chi connectivity index (χ1n) is 22.6. The van der Waals surface area contributed by atoms with Crippen molar-refractivity contribution in [2.24, 2.45) is 0 Å². The quantitative estimate of drug-likeness (QED) is 0.162. The van der Waals surface area contributed by atoms with Crippen LogP contribution in [0.3, 0.4) is 0 Å². The summed E-state index contributed by atoms with van der Waals surface area (Å²) >= 11 is 0. The van der Waals surface area contributed by atoms with Crippen LogP contribution >= 0.6 is 0 Å². The summed E-state index contributed by atoms with van der Waals surface area (Å²) in [6.07, 6.45) is 12.0. The molecule has 1 spiro atoms. The lowest BCUT2D eigenvalue weighted by atomic mass is 9.55. The van der Waals surface area contributed by atoms with E-state index in [2.05, 4.69) is 255 Å². The Morgan fingerprint density at radius 1 is 0.375 bits per heavy atom. The number of nitrogens with zero attached hydrogens (tertiary/aromatic N) is 1. The van der Waals surface area contributed by atoms with E-state index in [4.69, 9.17) is 0 Å². The minimum atomic E-state index is -0.392. The van der Waals surface area contributed by atoms with Crippen molar-refractivity contribution in [3.8, 4) is 33.4 Å². The molecule has 0 aliphatic heterocycles. The molecule has 12 rings (SSSR count). The SMILES string of the molecule is CC1(C)c2ccccc2C2(c3ccccc3-c3cc(-c4ccc(N(c5ccc(C6=CC=CCC=C6)cc5)c5ccc(-c6ccc7ccccc7c6)cc5)cc4)ccc32)c2ccccc21. The molecular weight excluding hydrogens is 771 g/mol. The fourth-order valence-corrected chi connectivity index (χ4v) is 11.0. The van der Waals surface area contributed by atoms with Gasteiger partial charge in [0.05, 0.1) is 5.41 Å². The lowest BCUT2D eigenvalue weighted by Gasteiger charge is -2.46. The third-order valence-electron chi connectivity index (χ3n) is 14.2. The van der Waals surface area contributed by atoms with Crippen LogP contribution in [0.15, 0.2) is 237 Å². The van der Waals surface area contributed by atoms with Crippen molar-refractivity contribution in [3.63, 3.8) is 0 Å². The summed E-state index contributed by atoms with van der Waals surface area (Å²) in [5, 5.41) is 2.51. The topological polar surface area (TPSA) is 3.24 Å². The standard InChI is InChI=1S/C63H47N/c1-62(2)58-21-11-13-23-60(58)63(61-24-14-12-22-59(61)62)56-20-10-9-19-54(56)55-42-50(33-40-57(55)63)47-31-38-53(39-32-47)64(51-34-27-45(28-35-51)43-15-5-3-4-6-16-43)52-36-29-46(30-37-52)49-26-25-44-17-7-8-18-48(44)41-49/h3,5-42H,4H2,1-2H3. The van der Waals surface area contributed by atoms with E-state index in [0.29, 0.717) is 0 Å². The summed E-state index contributed by atoms with van der Waals surface area (Å²) in [5.74, 6) is 0. The summed E-state index contributed by atoms with van der Waals surface area (Å²) in [7, 11) is 0. The summed E-state index contributed by atoms with van der Waals surface area (Å²) in [5.41, 5.74) is 21.0. The highest BCUT2D eigenvalue weighted by Crippen LogP contribution is 2.62. The van der Waals surface area contributed by atoms with Gasteiger partial charge in [0.1, 0.15) is 0 Å². The monoisotopic (exact) mass is 817 g/mol. The minimum Gasteiger partial charge on any atom is -0.311 e. The molecule has 9 aromatic rings. The molecule has 0 aromatic heterocycles. The number of benzene rings is 9. The molecule has 0 unspecified atom stereocenters. The highest BCUT2D eigenvalue weighted by molar-refractivity contribution is 5.92. The predicted molar refractivity (Wildman–Crippen MR) is 270 cm³/mol. The largest absolute Gasteiger partial charge is 0.311 e. The number of allylic oxidation sites excluding steroid dienone is 6. The summed E-state index contributed by atoms with van der Waals surface area (Å²) in [4.78, 5) is 2.37. The Balaban J connectivity index is 0.941. The van der Waals surface area contributed by atoms with E-state index in [1.807, 2.05) is 0 Å². The van der Waals surface area contributed by atoms with Gasteiger partial charge in [-0.2, -0.15) is 0 Å². The molecule has 0 heterocycles. The third-order valence-corrected chi connectivity index (χ3v) is 14.2. The molecule has 3 aliphatic rings. The number of anilines is 3. The van der Waals surface area contributed by atoms with Gasteiger partial charge in [0.2, 0.25) is 0 Å². The highest BCUT2D eigenvalue weighted by Gasteiger charge is 2.53. The molecule has 1 nitrogen and oxygen atoms in total. The molecular formula is C63H47N. The van der Waals surface area contributed by atoms with Gasteiger partial charge in [-0.3, -0.25) is 0 Å². The Hall–Kier alpha value is -7.74. The third kappa shape index (κ3) is 5.92. The number of hydrogen-bond donors (Lipinski definition) is 0. The Morgan fingerprint density at radius 2 is 0.859 bits per heavy atom. The Morgan fingerprint density at radius 3 is 1.50 bits per heavy atom. The van der Waals surface area contributed by atoms with Gasteiger partial charge in [0.25, 0.3) is 0 Å². The first-order valence-corrected chi connectivity index (χ1v) is 22.6. The van der Waals surface area contributed by atoms with Gasteiger partial charge in [-0.1, -0.05) is 202 Å². The maximum Gasteiger partial charge on any atom is 0.0719 e. The minimum absolute atomic E-state index is 0.117. The molecule has 1 heteroatoms. The first-order chi connectivity index (χ1) is 31.5. The van der Waals surface area contributed by atoms with Crippen molar-refractivity contribution in [2.45, 2.75) is 31.1 Å². The van der Waals surface area contributed by atoms with Crippen LogP contribution in [0.5, 0.6) is 0 Å². The lowest BCUT2D eigenvalue weighted by Crippen LogP contribution is -2.40. The zero-order valence-corrected chi connectivity index (χ0v) is 36.2. The van der Waals surface area contributed by atoms with E-state index >= 15 is 0 Å². The smallest absolute Gasteiger partial charge is 0.0719 e. The zero-order chi connectivity index (χ0) is 42.8. The van der Waals surface area contributed by atoms with Crippen LogP contribution in [-0.2, 0) is 10.8 Å². The highest BCUT2D eigenvalue weighted by atomic mass is 15.1. The van der Waals surface area contributed by atoms with Gasteiger partial charge >= 0.3 is 0 Å². The van der Waals surface area contributed by atoms with Crippen molar-refractivity contribution in [1.29, 1.82) is 0 Å². The van der Waals surface area contributed by atoms with Crippen LogP contribution in [0.4, 0.5) is 17.1 Å². The van der Waals surface area contributed by atoms with Crippen LogP contribution in [0.25, 0.3) is 49.7 Å². The second kappa shape index (κ2) is 15.0. The molecule has 0 bridgehead atoms. The summed E-state index contributed by atoms with van der Waals surface area (Å²) in [6, 6.07) is 77.1. The van der Waals surface area contributed by atoms with Crippen LogP contribution in [0.2, 0.25) is 0 Å². The molecule has 3 aliphatic carbocycles. The fourth-order valence-electron chi connectivity index (χ4n) is 11.0. The van der Waals surface area contributed by atoms with Crippen molar-refractivity contribution in [2.75, 3.05) is 4.90 Å². The van der Waals surface area contributed by atoms with E-state index in [9.17, 15) is 0 Å². The molecule has 0 saturated heterocycles. The van der Waals surface area contributed by atoms with Gasteiger partial charge in [0.15, 0.2) is 0 Å². The van der Waals surface area contributed by atoms with E-state index in [0.717, 1.165) is 23.5 Å². The number of fused-ring (bicyclic) bond motifs is 10. The summed E-state index contributed by atoms with van der Waals surface area (Å²) in [6.45, 7) is 4.77. The predicted octanol–water partition coefficient (Wildman–Crippen LogP) is 16.5. The average molecular weight is 818 g/mol. The van der Waals surface area contributed by atoms with Crippen molar-refractivity contribution < 1.29 is 0 Å². The van der Waals surface area contributed by atoms with Crippen LogP contribution in [0.1, 0.15) is 59.2 Å². The summed E-state index contributed by atoms with van der Waals surface area (Å²) < 4.78 is 0. The molecule has 304 valence electrons. The normalized spacial score (nSPS) is 14.9. The second-order valence-corrected chi connectivity index (χ2v) is 18.0. The Bertz CT molecular complexity index is 3310. The Kier molecular flexibility index (Phi) is 8.88. The van der Waals surface area contributed by atoms with Gasteiger partial charge in [-0.15, -0.1) is 0 Å². The van der Waals surface area contributed by atoms with Gasteiger partial charge in [0, 0.05) is 22.5 Å². The molecule has 0 N–H and O–H groups in total. The van der Waals surface area contributed by atoms with Crippen LogP contribution in [0, 0.1) is 0 Å². The van der Waals surface area contributed by atoms with E-state index in [1.54, 1.807) is 0 Å². The number of rotatable bonds is 6. The van der Waals surface area contributed by atoms with E-state index in [1.165, 1.54) is 88.7 Å². The second-order valence-electron chi connectivity index (χ2n) is 18.0. The van der Waals surface area contributed by atoms with Gasteiger partial charge in [-0.05, 0) is 144 Å². The fraction of sp³-hybridized carbons (Fsp3) is 0.0794. The molecule has 0 fully saturated rings. The van der Waals surface area contributed by atoms with Crippen LogP contribution < -0.4 is 4.90 Å². The van der Waals surface area contributed by atoms with Gasteiger partial charge < -0.3 is 4.90 Å². The van der Waals surface area contributed by atoms with Gasteiger partial charge in [-0.25, -0.2) is 0 Å². The maximum atomic E-state index is 2.44. The Labute approximate surface area is 376 Å². The molecule has 0 saturated carbocycles. The average Bonchev–Trinajstić information content (AvgIpc) is 3.45. The zero-order valence-electron chi connectivity index (χ0n) is 36.2. The van der Waals surface area contributed by atoms with Crippen LogP contribution in [-0.4, -0.2) is 0 Å². The van der Waals surface area contributed by atoms with Crippen molar-refractivity contribution in [3.05, 3.63) is 276 Å².